The van der Waals surface area contributed by atoms with Crippen molar-refractivity contribution in [2.75, 3.05) is 36.6 Å². The molecule has 2 heterocycles. The van der Waals surface area contributed by atoms with Crippen molar-refractivity contribution in [3.8, 4) is 11.3 Å². The van der Waals surface area contributed by atoms with Crippen LogP contribution >= 0.6 is 11.3 Å². The number of aromatic nitrogens is 2. The van der Waals surface area contributed by atoms with Crippen molar-refractivity contribution in [1.82, 2.24) is 20.2 Å². The largest absolute Gasteiger partial charge is 0.444 e. The van der Waals surface area contributed by atoms with Crippen LogP contribution in [0.2, 0.25) is 0 Å². The van der Waals surface area contributed by atoms with E-state index in [1.807, 2.05) is 49.8 Å². The number of urea groups is 1. The molecule has 11 nitrogen and oxygen atoms in total. The number of ether oxygens (including phenoxy) is 1. The SMILES string of the molecule is CN(C)CCCC(NC(=O)Nc1nc(-c2ccccc2)cs1)c1ccc(C(=O)Nc2ccccc2NC(=O)OC(C)(C)C)nc1. The Kier molecular flexibility index (Phi) is 11.2. The van der Waals surface area contributed by atoms with Crippen LogP contribution in [-0.4, -0.2) is 59.1 Å². The summed E-state index contributed by atoms with van der Waals surface area (Å²) in [5.41, 5.74) is 2.83. The van der Waals surface area contributed by atoms with Crippen LogP contribution in [0.5, 0.6) is 0 Å². The van der Waals surface area contributed by atoms with E-state index in [1.165, 1.54) is 11.3 Å². The first-order valence-electron chi connectivity index (χ1n) is 14.6. The molecule has 4 amide bonds. The van der Waals surface area contributed by atoms with E-state index < -0.39 is 17.6 Å². The standard InChI is InChI=1S/C33H39N7O4S/c1-33(2,3)44-32(43)38-26-15-10-9-14-25(26)35-29(41)27-18-17-23(20-34-27)24(16-11-19-40(4)5)36-30(42)39-31-37-28(21-45-31)22-12-7-6-8-13-22/h6-10,12-15,17-18,20-21,24H,11,16,19H2,1-5H3,(H,35,41)(H,38,43)(H2,36,37,39,42). The van der Waals surface area contributed by atoms with Crippen LogP contribution in [0.1, 0.15) is 55.7 Å². The summed E-state index contributed by atoms with van der Waals surface area (Å²) in [6.07, 6.45) is 2.46. The molecule has 0 aliphatic heterocycles. The van der Waals surface area contributed by atoms with E-state index in [2.05, 4.69) is 36.1 Å². The van der Waals surface area contributed by atoms with Crippen molar-refractivity contribution in [3.05, 3.63) is 89.6 Å². The van der Waals surface area contributed by atoms with Crippen LogP contribution in [0.15, 0.2) is 78.3 Å². The fourth-order valence-electron chi connectivity index (χ4n) is 4.34. The van der Waals surface area contributed by atoms with E-state index >= 15 is 0 Å². The van der Waals surface area contributed by atoms with Gasteiger partial charge in [-0.05, 0) is 78.0 Å². The first kappa shape index (κ1) is 33.1. The highest BCUT2D eigenvalue weighted by Crippen LogP contribution is 2.26. The van der Waals surface area contributed by atoms with E-state index in [-0.39, 0.29) is 17.8 Å². The maximum absolute atomic E-state index is 13.1. The minimum atomic E-state index is -0.666. The molecule has 236 valence electrons. The Bertz CT molecular complexity index is 1580. The molecule has 0 fully saturated rings. The molecule has 2 aromatic carbocycles. The molecule has 2 aromatic heterocycles. The Labute approximate surface area is 267 Å². The molecule has 0 aliphatic rings. The van der Waals surface area contributed by atoms with Gasteiger partial charge < -0.3 is 20.3 Å². The van der Waals surface area contributed by atoms with Gasteiger partial charge in [0.2, 0.25) is 0 Å². The lowest BCUT2D eigenvalue weighted by molar-refractivity contribution is 0.0635. The highest BCUT2D eigenvalue weighted by Gasteiger charge is 2.20. The molecular formula is C33H39N7O4S. The molecule has 45 heavy (non-hydrogen) atoms. The second-order valence-electron chi connectivity index (χ2n) is 11.6. The van der Waals surface area contributed by atoms with Crippen molar-refractivity contribution in [2.45, 2.75) is 45.3 Å². The molecule has 1 unspecified atom stereocenters. The third kappa shape index (κ3) is 10.4. The van der Waals surface area contributed by atoms with Gasteiger partial charge in [0.05, 0.1) is 23.1 Å². The van der Waals surface area contributed by atoms with Gasteiger partial charge in [0.25, 0.3) is 5.91 Å². The summed E-state index contributed by atoms with van der Waals surface area (Å²) in [5.74, 6) is -0.451. The minimum Gasteiger partial charge on any atom is -0.444 e. The van der Waals surface area contributed by atoms with Crippen LogP contribution in [-0.2, 0) is 4.74 Å². The number of para-hydroxylation sites is 2. The number of nitrogens with zero attached hydrogens (tertiary/aromatic N) is 3. The van der Waals surface area contributed by atoms with Gasteiger partial charge in [-0.2, -0.15) is 0 Å². The third-order valence-electron chi connectivity index (χ3n) is 6.43. The number of nitrogens with one attached hydrogen (secondary N) is 4. The van der Waals surface area contributed by atoms with Gasteiger partial charge in [-0.1, -0.05) is 48.5 Å². The summed E-state index contributed by atoms with van der Waals surface area (Å²) in [6, 6.07) is 19.3. The van der Waals surface area contributed by atoms with Crippen molar-refractivity contribution in [2.24, 2.45) is 0 Å². The van der Waals surface area contributed by atoms with Crippen LogP contribution < -0.4 is 21.3 Å². The molecule has 0 radical (unpaired) electrons. The lowest BCUT2D eigenvalue weighted by atomic mass is 10.0. The maximum atomic E-state index is 13.1. The Morgan fingerprint density at radius 3 is 2.24 bits per heavy atom. The second kappa shape index (κ2) is 15.3. The highest BCUT2D eigenvalue weighted by molar-refractivity contribution is 7.14. The number of amides is 4. The van der Waals surface area contributed by atoms with Gasteiger partial charge >= 0.3 is 12.1 Å². The first-order chi connectivity index (χ1) is 21.5. The van der Waals surface area contributed by atoms with Gasteiger partial charge in [0, 0.05) is 17.1 Å². The van der Waals surface area contributed by atoms with Crippen LogP contribution in [0, 0.1) is 0 Å². The second-order valence-corrected chi connectivity index (χ2v) is 12.5. The zero-order valence-corrected chi connectivity index (χ0v) is 26.9. The molecule has 0 aliphatic carbocycles. The number of pyridine rings is 1. The first-order valence-corrected chi connectivity index (χ1v) is 15.4. The number of benzene rings is 2. The molecule has 0 bridgehead atoms. The summed E-state index contributed by atoms with van der Waals surface area (Å²) in [5, 5.41) is 13.7. The maximum Gasteiger partial charge on any atom is 0.412 e. The molecule has 12 heteroatoms. The normalized spacial score (nSPS) is 11.9. The van der Waals surface area contributed by atoms with Gasteiger partial charge in [0.15, 0.2) is 5.13 Å². The quantitative estimate of drug-likeness (QED) is 0.140. The Morgan fingerprint density at radius 2 is 1.60 bits per heavy atom. The predicted molar refractivity (Wildman–Crippen MR) is 179 cm³/mol. The zero-order valence-electron chi connectivity index (χ0n) is 26.1. The van der Waals surface area contributed by atoms with Gasteiger partial charge in [0.1, 0.15) is 11.3 Å². The topological polar surface area (TPSA) is 138 Å². The van der Waals surface area contributed by atoms with Crippen LogP contribution in [0.3, 0.4) is 0 Å². The molecule has 4 aromatic rings. The Morgan fingerprint density at radius 1 is 0.911 bits per heavy atom. The van der Waals surface area contributed by atoms with Crippen molar-refractivity contribution in [1.29, 1.82) is 0 Å². The summed E-state index contributed by atoms with van der Waals surface area (Å²) in [6.45, 7) is 6.16. The summed E-state index contributed by atoms with van der Waals surface area (Å²) >= 11 is 1.35. The molecule has 0 spiro atoms. The smallest absolute Gasteiger partial charge is 0.412 e. The molecule has 0 saturated heterocycles. The van der Waals surface area contributed by atoms with E-state index in [4.69, 9.17) is 4.74 Å². The van der Waals surface area contributed by atoms with E-state index in [1.54, 1.807) is 63.4 Å². The fourth-order valence-corrected chi connectivity index (χ4v) is 5.06. The number of anilines is 3. The molecule has 4 rings (SSSR count). The third-order valence-corrected chi connectivity index (χ3v) is 7.19. The van der Waals surface area contributed by atoms with Crippen molar-refractivity contribution < 1.29 is 19.1 Å². The molecular weight excluding hydrogens is 590 g/mol. The molecule has 0 saturated carbocycles. The lowest BCUT2D eigenvalue weighted by Gasteiger charge is -2.21. The number of hydrogen-bond donors (Lipinski definition) is 4. The van der Waals surface area contributed by atoms with Crippen LogP contribution in [0.4, 0.5) is 26.1 Å². The van der Waals surface area contributed by atoms with E-state index in [0.717, 1.165) is 29.8 Å². The minimum absolute atomic E-state index is 0.179. The zero-order chi connectivity index (χ0) is 32.4. The number of carbonyl (C=O) groups is 3. The van der Waals surface area contributed by atoms with Gasteiger partial charge in [-0.15, -0.1) is 11.3 Å². The van der Waals surface area contributed by atoms with E-state index in [0.29, 0.717) is 22.9 Å². The van der Waals surface area contributed by atoms with Gasteiger partial charge in [-0.3, -0.25) is 20.4 Å². The number of thiazole rings is 1. The molecule has 4 N–H and O–H groups in total. The van der Waals surface area contributed by atoms with Gasteiger partial charge in [-0.25, -0.2) is 14.6 Å². The highest BCUT2D eigenvalue weighted by atomic mass is 32.1. The summed E-state index contributed by atoms with van der Waals surface area (Å²) in [7, 11) is 4.00. The van der Waals surface area contributed by atoms with Crippen molar-refractivity contribution in [3.63, 3.8) is 0 Å². The Balaban J connectivity index is 1.42. The van der Waals surface area contributed by atoms with Crippen molar-refractivity contribution >= 4 is 45.9 Å². The average Bonchev–Trinajstić information content (AvgIpc) is 3.45. The monoisotopic (exact) mass is 629 g/mol. The number of hydrogen-bond acceptors (Lipinski definition) is 8. The van der Waals surface area contributed by atoms with E-state index in [9.17, 15) is 14.4 Å². The fraction of sp³-hybridized carbons (Fsp3) is 0.303. The summed E-state index contributed by atoms with van der Waals surface area (Å²) in [4.78, 5) is 49.4. The summed E-state index contributed by atoms with van der Waals surface area (Å²) < 4.78 is 5.33. The number of carbonyl (C=O) groups excluding carboxylic acids is 3. The Hall–Kier alpha value is -4.81. The molecule has 1 atom stereocenters. The predicted octanol–water partition coefficient (Wildman–Crippen LogP) is 7.01. The lowest BCUT2D eigenvalue weighted by Crippen LogP contribution is -2.33. The van der Waals surface area contributed by atoms with Crippen LogP contribution in [0.25, 0.3) is 11.3 Å². The average molecular weight is 630 g/mol. The number of rotatable bonds is 11.